The standard InChI is InChI=1S/C14H19/c1-2-4-6-8-10-12-14-13-11-9-7-5-3-1/h1-4,9-11H,5-7,12-14H2. The number of allylic oxidation sites excluding steroid dienone is 8. The van der Waals surface area contributed by atoms with Crippen molar-refractivity contribution in [3.8, 4) is 0 Å². The summed E-state index contributed by atoms with van der Waals surface area (Å²) in [5.41, 5.74) is 0. The maximum absolute atomic E-state index is 3.27. The Morgan fingerprint density at radius 2 is 1.50 bits per heavy atom. The summed E-state index contributed by atoms with van der Waals surface area (Å²) in [6.45, 7) is 0. The van der Waals surface area contributed by atoms with Crippen LogP contribution in [0.4, 0.5) is 0 Å². The van der Waals surface area contributed by atoms with E-state index in [1.165, 1.54) is 19.3 Å². The molecular formula is C14H19. The fourth-order valence-corrected chi connectivity index (χ4v) is 1.34. The molecular weight excluding hydrogens is 168 g/mol. The molecule has 75 valence electrons. The minimum Gasteiger partial charge on any atom is -0.0885 e. The van der Waals surface area contributed by atoms with Crippen molar-refractivity contribution in [2.24, 2.45) is 0 Å². The first-order chi connectivity index (χ1) is 7.00. The summed E-state index contributed by atoms with van der Waals surface area (Å²) in [6.07, 6.45) is 25.5. The number of hydrogen-bond acceptors (Lipinski definition) is 0. The quantitative estimate of drug-likeness (QED) is 0.494. The minimum atomic E-state index is 0.945. The first kappa shape index (κ1) is 11.0. The molecule has 0 aromatic heterocycles. The second-order valence-corrected chi connectivity index (χ2v) is 3.45. The van der Waals surface area contributed by atoms with Gasteiger partial charge in [0.15, 0.2) is 0 Å². The predicted molar refractivity (Wildman–Crippen MR) is 62.9 cm³/mol. The molecule has 0 aromatic carbocycles. The molecule has 0 heterocycles. The second-order valence-electron chi connectivity index (χ2n) is 3.45. The van der Waals surface area contributed by atoms with E-state index in [9.17, 15) is 0 Å². The van der Waals surface area contributed by atoms with E-state index in [1.807, 2.05) is 0 Å². The molecule has 0 unspecified atom stereocenters. The van der Waals surface area contributed by atoms with Crippen molar-refractivity contribution < 1.29 is 0 Å². The van der Waals surface area contributed by atoms with Crippen molar-refractivity contribution in [2.45, 2.75) is 38.5 Å². The Bertz CT molecular complexity index is 228. The molecule has 0 atom stereocenters. The first-order valence-corrected chi connectivity index (χ1v) is 5.52. The molecule has 0 aromatic rings. The zero-order valence-corrected chi connectivity index (χ0v) is 8.78. The minimum absolute atomic E-state index is 0.945. The molecule has 0 saturated heterocycles. The fraction of sp³-hybridized carbons (Fsp3) is 0.429. The fourth-order valence-electron chi connectivity index (χ4n) is 1.34. The molecule has 1 rings (SSSR count). The van der Waals surface area contributed by atoms with Gasteiger partial charge < -0.3 is 0 Å². The molecule has 14 heavy (non-hydrogen) atoms. The van der Waals surface area contributed by atoms with Crippen LogP contribution in [0.3, 0.4) is 0 Å². The highest BCUT2D eigenvalue weighted by Gasteiger charge is 1.82. The summed E-state index contributed by atoms with van der Waals surface area (Å²) < 4.78 is 0. The summed E-state index contributed by atoms with van der Waals surface area (Å²) in [7, 11) is 0. The Hall–Kier alpha value is -1.04. The molecule has 0 amide bonds. The van der Waals surface area contributed by atoms with Crippen LogP contribution >= 0.6 is 0 Å². The normalized spacial score (nSPS) is 19.4. The van der Waals surface area contributed by atoms with Gasteiger partial charge in [-0.05, 0) is 44.6 Å². The molecule has 0 nitrogen and oxygen atoms in total. The van der Waals surface area contributed by atoms with Crippen molar-refractivity contribution in [1.29, 1.82) is 0 Å². The van der Waals surface area contributed by atoms with Gasteiger partial charge in [0, 0.05) is 0 Å². The highest BCUT2D eigenvalue weighted by atomic mass is 13.9. The maximum Gasteiger partial charge on any atom is -0.00948 e. The van der Waals surface area contributed by atoms with E-state index < -0.39 is 0 Å². The monoisotopic (exact) mass is 187 g/mol. The summed E-state index contributed by atoms with van der Waals surface area (Å²) in [6, 6.07) is 0. The van der Waals surface area contributed by atoms with E-state index in [4.69, 9.17) is 0 Å². The Morgan fingerprint density at radius 1 is 0.714 bits per heavy atom. The van der Waals surface area contributed by atoms with Crippen LogP contribution < -0.4 is 0 Å². The third-order valence-corrected chi connectivity index (χ3v) is 2.15. The van der Waals surface area contributed by atoms with Crippen molar-refractivity contribution in [3.05, 3.63) is 48.6 Å². The van der Waals surface area contributed by atoms with E-state index in [-0.39, 0.29) is 0 Å². The van der Waals surface area contributed by atoms with Crippen LogP contribution in [-0.2, 0) is 0 Å². The summed E-state index contributed by atoms with van der Waals surface area (Å²) in [5.74, 6) is 0. The number of hydrogen-bond donors (Lipinski definition) is 0. The van der Waals surface area contributed by atoms with E-state index in [0.29, 0.717) is 0 Å². The van der Waals surface area contributed by atoms with Crippen LogP contribution in [-0.4, -0.2) is 0 Å². The molecule has 0 heteroatoms. The van der Waals surface area contributed by atoms with Gasteiger partial charge in [-0.1, -0.05) is 42.5 Å². The first-order valence-electron chi connectivity index (χ1n) is 5.52. The lowest BCUT2D eigenvalue weighted by atomic mass is 10.2. The Labute approximate surface area is 87.7 Å². The van der Waals surface area contributed by atoms with Crippen molar-refractivity contribution in [2.75, 3.05) is 0 Å². The third-order valence-electron chi connectivity index (χ3n) is 2.15. The third kappa shape index (κ3) is 6.47. The van der Waals surface area contributed by atoms with Crippen LogP contribution in [0, 0.1) is 6.08 Å². The predicted octanol–water partition coefficient (Wildman–Crippen LogP) is 4.37. The smallest absolute Gasteiger partial charge is 0.00948 e. The molecule has 1 aliphatic rings. The molecule has 0 N–H and O–H groups in total. The van der Waals surface area contributed by atoms with E-state index in [1.54, 1.807) is 0 Å². The second kappa shape index (κ2) is 8.55. The molecule has 0 bridgehead atoms. The van der Waals surface area contributed by atoms with Crippen LogP contribution in [0.15, 0.2) is 42.5 Å². The zero-order valence-electron chi connectivity index (χ0n) is 8.78. The van der Waals surface area contributed by atoms with Gasteiger partial charge in [-0.15, -0.1) is 0 Å². The molecule has 1 radical (unpaired) electrons. The van der Waals surface area contributed by atoms with Crippen molar-refractivity contribution >= 4 is 0 Å². The van der Waals surface area contributed by atoms with Crippen LogP contribution in [0.25, 0.3) is 0 Å². The zero-order chi connectivity index (χ0) is 9.90. The molecule has 0 saturated carbocycles. The van der Waals surface area contributed by atoms with Crippen molar-refractivity contribution in [3.63, 3.8) is 0 Å². The van der Waals surface area contributed by atoms with Crippen LogP contribution in [0.2, 0.25) is 0 Å². The molecule has 1 aliphatic carbocycles. The Morgan fingerprint density at radius 3 is 2.50 bits per heavy atom. The largest absolute Gasteiger partial charge is 0.0885 e. The van der Waals surface area contributed by atoms with Crippen LogP contribution in [0.5, 0.6) is 0 Å². The average Bonchev–Trinajstić information content (AvgIpc) is 2.22. The van der Waals surface area contributed by atoms with Gasteiger partial charge in [0.05, 0.1) is 0 Å². The molecule has 0 aliphatic heterocycles. The van der Waals surface area contributed by atoms with Gasteiger partial charge in [0.25, 0.3) is 0 Å². The highest BCUT2D eigenvalue weighted by molar-refractivity contribution is 5.04. The van der Waals surface area contributed by atoms with Crippen LogP contribution in [0.1, 0.15) is 38.5 Å². The molecule has 0 fully saturated rings. The van der Waals surface area contributed by atoms with Crippen molar-refractivity contribution in [1.82, 2.24) is 0 Å². The van der Waals surface area contributed by atoms with Gasteiger partial charge in [-0.2, -0.15) is 0 Å². The van der Waals surface area contributed by atoms with Gasteiger partial charge in [0.1, 0.15) is 0 Å². The SMILES string of the molecule is [C]1=CCCCC=CCCC=CC=CC1. The average molecular weight is 187 g/mol. The van der Waals surface area contributed by atoms with E-state index in [0.717, 1.165) is 19.3 Å². The van der Waals surface area contributed by atoms with Gasteiger partial charge >= 0.3 is 0 Å². The summed E-state index contributed by atoms with van der Waals surface area (Å²) in [4.78, 5) is 0. The van der Waals surface area contributed by atoms with E-state index >= 15 is 0 Å². The lowest BCUT2D eigenvalue weighted by Gasteiger charge is -1.91. The summed E-state index contributed by atoms with van der Waals surface area (Å²) in [5, 5.41) is 0. The van der Waals surface area contributed by atoms with Gasteiger partial charge in [-0.3, -0.25) is 0 Å². The van der Waals surface area contributed by atoms with Gasteiger partial charge in [-0.25, -0.2) is 0 Å². The highest BCUT2D eigenvalue weighted by Crippen LogP contribution is 2.02. The van der Waals surface area contributed by atoms with Gasteiger partial charge in [0.2, 0.25) is 0 Å². The Kier molecular flexibility index (Phi) is 6.74. The molecule has 0 spiro atoms. The van der Waals surface area contributed by atoms with E-state index in [2.05, 4.69) is 48.6 Å². The maximum atomic E-state index is 3.27. The summed E-state index contributed by atoms with van der Waals surface area (Å²) >= 11 is 0. The lowest BCUT2D eigenvalue weighted by Crippen LogP contribution is -1.71. The topological polar surface area (TPSA) is 0 Å². The lowest BCUT2D eigenvalue weighted by molar-refractivity contribution is 0.858. The number of rotatable bonds is 0. The Balaban J connectivity index is 2.35.